The first-order valence-electron chi connectivity index (χ1n) is 6.93. The minimum absolute atomic E-state index is 0.130. The summed E-state index contributed by atoms with van der Waals surface area (Å²) in [5.74, 6) is -0.558. The van der Waals surface area contributed by atoms with Crippen LogP contribution in [0.4, 0.5) is 10.1 Å². The van der Waals surface area contributed by atoms with E-state index in [4.69, 9.17) is 0 Å². The fourth-order valence-electron chi connectivity index (χ4n) is 1.95. The zero-order chi connectivity index (χ0) is 15.9. The van der Waals surface area contributed by atoms with Crippen LogP contribution in [0.5, 0.6) is 0 Å². The van der Waals surface area contributed by atoms with Crippen molar-refractivity contribution in [2.75, 3.05) is 11.9 Å². The van der Waals surface area contributed by atoms with E-state index in [-0.39, 0.29) is 18.3 Å². The molecule has 0 aliphatic rings. The Labute approximate surface area is 129 Å². The van der Waals surface area contributed by atoms with E-state index in [1.165, 1.54) is 23.9 Å². The second kappa shape index (κ2) is 7.36. The molecular formula is C17H18FN3O. The Bertz CT molecular complexity index is 681. The lowest BCUT2D eigenvalue weighted by Gasteiger charge is -2.09. The Hall–Kier alpha value is -2.69. The van der Waals surface area contributed by atoms with E-state index in [9.17, 15) is 9.18 Å². The van der Waals surface area contributed by atoms with Crippen LogP contribution in [-0.4, -0.2) is 18.7 Å². The molecule has 5 heteroatoms. The lowest BCUT2D eigenvalue weighted by atomic mass is 10.1. The van der Waals surface area contributed by atoms with E-state index in [0.29, 0.717) is 5.56 Å². The van der Waals surface area contributed by atoms with Crippen LogP contribution < -0.4 is 10.7 Å². The van der Waals surface area contributed by atoms with E-state index in [0.717, 1.165) is 11.3 Å². The molecule has 0 fully saturated rings. The summed E-state index contributed by atoms with van der Waals surface area (Å²) in [6.07, 6.45) is 1.47. The van der Waals surface area contributed by atoms with Crippen LogP contribution in [0.15, 0.2) is 47.6 Å². The van der Waals surface area contributed by atoms with Gasteiger partial charge in [-0.3, -0.25) is 4.79 Å². The number of carbonyl (C=O) groups is 1. The Morgan fingerprint density at radius 2 is 1.91 bits per heavy atom. The summed E-state index contributed by atoms with van der Waals surface area (Å²) < 4.78 is 12.7. The summed E-state index contributed by atoms with van der Waals surface area (Å²) in [6, 6.07) is 11.8. The average Bonchev–Trinajstić information content (AvgIpc) is 2.48. The minimum atomic E-state index is -0.307. The molecule has 2 N–H and O–H groups in total. The molecule has 0 aliphatic carbocycles. The maximum Gasteiger partial charge on any atom is 0.259 e. The molecule has 114 valence electrons. The zero-order valence-corrected chi connectivity index (χ0v) is 12.6. The Kier molecular flexibility index (Phi) is 5.25. The van der Waals surface area contributed by atoms with Crippen LogP contribution in [0.25, 0.3) is 0 Å². The third-order valence-corrected chi connectivity index (χ3v) is 3.09. The Morgan fingerprint density at radius 1 is 1.18 bits per heavy atom. The quantitative estimate of drug-likeness (QED) is 0.658. The smallest absolute Gasteiger partial charge is 0.259 e. The number of rotatable bonds is 5. The number of halogens is 1. The van der Waals surface area contributed by atoms with Gasteiger partial charge in [0.25, 0.3) is 5.91 Å². The van der Waals surface area contributed by atoms with Gasteiger partial charge in [0.05, 0.1) is 12.8 Å². The molecule has 2 aromatic carbocycles. The fraction of sp³-hybridized carbons (Fsp3) is 0.176. The van der Waals surface area contributed by atoms with Crippen LogP contribution in [0, 0.1) is 19.7 Å². The van der Waals surface area contributed by atoms with Gasteiger partial charge in [0.1, 0.15) is 5.82 Å². The van der Waals surface area contributed by atoms with Crippen LogP contribution in [0.2, 0.25) is 0 Å². The van der Waals surface area contributed by atoms with Crippen molar-refractivity contribution < 1.29 is 9.18 Å². The first kappa shape index (κ1) is 15.7. The Morgan fingerprint density at radius 3 is 2.59 bits per heavy atom. The predicted molar refractivity (Wildman–Crippen MR) is 86.5 cm³/mol. The second-order valence-corrected chi connectivity index (χ2v) is 5.02. The number of benzene rings is 2. The largest absolute Gasteiger partial charge is 0.376 e. The van der Waals surface area contributed by atoms with Crippen LogP contribution >= 0.6 is 0 Å². The zero-order valence-electron chi connectivity index (χ0n) is 12.6. The highest BCUT2D eigenvalue weighted by Crippen LogP contribution is 2.15. The van der Waals surface area contributed by atoms with Crippen molar-refractivity contribution in [3.8, 4) is 0 Å². The maximum absolute atomic E-state index is 12.7. The standard InChI is InChI=1S/C17H18FN3O/c1-12-3-8-16(13(2)9-12)19-11-17(22)21-20-10-14-4-6-15(18)7-5-14/h3-10,19H,11H2,1-2H3,(H,21,22). The first-order valence-corrected chi connectivity index (χ1v) is 6.93. The van der Waals surface area contributed by atoms with E-state index >= 15 is 0 Å². The van der Waals surface area contributed by atoms with Gasteiger partial charge >= 0.3 is 0 Å². The maximum atomic E-state index is 12.7. The lowest BCUT2D eigenvalue weighted by molar-refractivity contribution is -0.119. The third-order valence-electron chi connectivity index (χ3n) is 3.09. The number of carbonyl (C=O) groups excluding carboxylic acids is 1. The van der Waals surface area contributed by atoms with Crippen molar-refractivity contribution in [1.82, 2.24) is 5.43 Å². The van der Waals surface area contributed by atoms with Gasteiger partial charge in [0.15, 0.2) is 0 Å². The van der Waals surface area contributed by atoms with Crippen molar-refractivity contribution in [2.24, 2.45) is 5.10 Å². The topological polar surface area (TPSA) is 53.5 Å². The molecule has 22 heavy (non-hydrogen) atoms. The molecule has 0 heterocycles. The summed E-state index contributed by atoms with van der Waals surface area (Å²) in [5, 5.41) is 6.89. The third kappa shape index (κ3) is 4.70. The van der Waals surface area contributed by atoms with Crippen molar-refractivity contribution in [3.63, 3.8) is 0 Å². The molecule has 2 aromatic rings. The highest BCUT2D eigenvalue weighted by atomic mass is 19.1. The minimum Gasteiger partial charge on any atom is -0.376 e. The highest BCUT2D eigenvalue weighted by Gasteiger charge is 2.02. The normalized spacial score (nSPS) is 10.7. The van der Waals surface area contributed by atoms with E-state index < -0.39 is 0 Å². The molecule has 4 nitrogen and oxygen atoms in total. The molecule has 0 spiro atoms. The molecular weight excluding hydrogens is 281 g/mol. The van der Waals surface area contributed by atoms with Gasteiger partial charge in [0, 0.05) is 5.69 Å². The average molecular weight is 299 g/mol. The van der Waals surface area contributed by atoms with Crippen LogP contribution in [0.3, 0.4) is 0 Å². The molecule has 0 aromatic heterocycles. The number of hydrazone groups is 1. The predicted octanol–water partition coefficient (Wildman–Crippen LogP) is 3.00. The van der Waals surface area contributed by atoms with Crippen molar-refractivity contribution in [3.05, 3.63) is 65.0 Å². The van der Waals surface area contributed by atoms with E-state index in [1.807, 2.05) is 32.0 Å². The summed E-state index contributed by atoms with van der Waals surface area (Å²) >= 11 is 0. The highest BCUT2D eigenvalue weighted by molar-refractivity contribution is 5.84. The number of hydrogen-bond acceptors (Lipinski definition) is 3. The molecule has 0 saturated carbocycles. The molecule has 0 aliphatic heterocycles. The monoisotopic (exact) mass is 299 g/mol. The number of aryl methyl sites for hydroxylation is 2. The van der Waals surface area contributed by atoms with E-state index in [1.54, 1.807) is 12.1 Å². The summed E-state index contributed by atoms with van der Waals surface area (Å²) in [7, 11) is 0. The molecule has 1 amide bonds. The second-order valence-electron chi connectivity index (χ2n) is 5.02. The number of anilines is 1. The van der Waals surface area contributed by atoms with Gasteiger partial charge in [-0.1, -0.05) is 29.8 Å². The molecule has 0 unspecified atom stereocenters. The SMILES string of the molecule is Cc1ccc(NCC(=O)NN=Cc2ccc(F)cc2)c(C)c1. The van der Waals surface area contributed by atoms with Crippen LogP contribution in [-0.2, 0) is 4.79 Å². The molecule has 0 atom stereocenters. The number of hydrogen-bond donors (Lipinski definition) is 2. The number of nitrogens with one attached hydrogen (secondary N) is 2. The molecule has 0 bridgehead atoms. The van der Waals surface area contributed by atoms with Gasteiger partial charge in [-0.15, -0.1) is 0 Å². The van der Waals surface area contributed by atoms with Crippen molar-refractivity contribution in [1.29, 1.82) is 0 Å². The van der Waals surface area contributed by atoms with Gasteiger partial charge in [0.2, 0.25) is 0 Å². The van der Waals surface area contributed by atoms with Gasteiger partial charge < -0.3 is 5.32 Å². The van der Waals surface area contributed by atoms with Crippen molar-refractivity contribution >= 4 is 17.8 Å². The van der Waals surface area contributed by atoms with Gasteiger partial charge in [-0.25, -0.2) is 9.82 Å². The van der Waals surface area contributed by atoms with Crippen molar-refractivity contribution in [2.45, 2.75) is 13.8 Å². The Balaban J connectivity index is 1.81. The van der Waals surface area contributed by atoms with Gasteiger partial charge in [-0.2, -0.15) is 5.10 Å². The summed E-state index contributed by atoms with van der Waals surface area (Å²) in [6.45, 7) is 4.14. The molecule has 0 radical (unpaired) electrons. The summed E-state index contributed by atoms with van der Waals surface area (Å²) in [4.78, 5) is 11.7. The molecule has 2 rings (SSSR count). The van der Waals surface area contributed by atoms with E-state index in [2.05, 4.69) is 15.8 Å². The lowest BCUT2D eigenvalue weighted by Crippen LogP contribution is -2.26. The van der Waals surface area contributed by atoms with Crippen LogP contribution in [0.1, 0.15) is 16.7 Å². The van der Waals surface area contributed by atoms with Gasteiger partial charge in [-0.05, 0) is 43.2 Å². The summed E-state index contributed by atoms with van der Waals surface area (Å²) in [5.41, 5.74) is 6.32. The molecule has 0 saturated heterocycles. The first-order chi connectivity index (χ1) is 10.5. The number of nitrogens with zero attached hydrogens (tertiary/aromatic N) is 1. The fourth-order valence-corrected chi connectivity index (χ4v) is 1.95. The number of amides is 1.